The second-order valence-electron chi connectivity index (χ2n) is 3.50. The van der Waals surface area contributed by atoms with Crippen LogP contribution in [0.15, 0.2) is 18.2 Å². The molecule has 0 aromatic heterocycles. The van der Waals surface area contributed by atoms with Crippen molar-refractivity contribution in [2.24, 2.45) is 0 Å². The molecule has 16 heavy (non-hydrogen) atoms. The summed E-state index contributed by atoms with van der Waals surface area (Å²) in [5, 5.41) is 29.6. The molecule has 1 aromatic rings. The van der Waals surface area contributed by atoms with E-state index in [2.05, 4.69) is 5.32 Å². The Kier molecular flexibility index (Phi) is 4.28. The topological polar surface area (TPSA) is 89.8 Å². The highest BCUT2D eigenvalue weighted by molar-refractivity contribution is 5.91. The third-order valence-corrected chi connectivity index (χ3v) is 2.30. The molecule has 0 fully saturated rings. The van der Waals surface area contributed by atoms with Crippen molar-refractivity contribution in [2.45, 2.75) is 13.0 Å². The zero-order valence-corrected chi connectivity index (χ0v) is 8.97. The molecule has 0 radical (unpaired) electrons. The van der Waals surface area contributed by atoms with Gasteiger partial charge in [-0.15, -0.1) is 0 Å². The maximum Gasteiger partial charge on any atom is 0.336 e. The van der Waals surface area contributed by atoms with Crippen molar-refractivity contribution >= 4 is 11.7 Å². The van der Waals surface area contributed by atoms with Crippen LogP contribution in [0.5, 0.6) is 0 Å². The zero-order chi connectivity index (χ0) is 12.1. The lowest BCUT2D eigenvalue weighted by atomic mass is 10.1. The lowest BCUT2D eigenvalue weighted by Gasteiger charge is -2.13. The van der Waals surface area contributed by atoms with Gasteiger partial charge in [0.05, 0.1) is 18.3 Å². The van der Waals surface area contributed by atoms with E-state index < -0.39 is 12.1 Å². The number of carboxylic acids is 1. The monoisotopic (exact) mass is 225 g/mol. The van der Waals surface area contributed by atoms with Crippen LogP contribution in [0.2, 0.25) is 0 Å². The van der Waals surface area contributed by atoms with Crippen molar-refractivity contribution in [3.05, 3.63) is 29.3 Å². The molecule has 1 atom stereocenters. The number of rotatable bonds is 5. The number of benzene rings is 1. The van der Waals surface area contributed by atoms with Crippen molar-refractivity contribution in [3.8, 4) is 0 Å². The van der Waals surface area contributed by atoms with E-state index in [1.807, 2.05) is 0 Å². The molecule has 0 saturated carbocycles. The van der Waals surface area contributed by atoms with E-state index in [0.29, 0.717) is 11.3 Å². The molecular weight excluding hydrogens is 210 g/mol. The Bertz CT molecular complexity index is 378. The van der Waals surface area contributed by atoms with Crippen LogP contribution < -0.4 is 5.32 Å². The molecule has 0 aliphatic heterocycles. The standard InChI is InChI=1S/C11H15NO4/c1-7-9(11(15)16)3-2-4-10(7)12-5-8(14)6-13/h2-4,8,12-14H,5-6H2,1H3,(H,15,16). The summed E-state index contributed by atoms with van der Waals surface area (Å²) in [4.78, 5) is 10.9. The summed E-state index contributed by atoms with van der Waals surface area (Å²) in [7, 11) is 0. The number of hydrogen-bond acceptors (Lipinski definition) is 4. The molecule has 0 aliphatic rings. The average Bonchev–Trinajstić information content (AvgIpc) is 2.26. The summed E-state index contributed by atoms with van der Waals surface area (Å²) >= 11 is 0. The minimum Gasteiger partial charge on any atom is -0.478 e. The Morgan fingerprint density at radius 3 is 2.75 bits per heavy atom. The number of aliphatic hydroxyl groups excluding tert-OH is 2. The first-order valence-corrected chi connectivity index (χ1v) is 4.92. The van der Waals surface area contributed by atoms with Crippen LogP contribution in [-0.4, -0.2) is 40.5 Å². The second kappa shape index (κ2) is 5.48. The fraction of sp³-hybridized carbons (Fsp3) is 0.364. The van der Waals surface area contributed by atoms with Gasteiger partial charge in [0.15, 0.2) is 0 Å². The largest absolute Gasteiger partial charge is 0.478 e. The number of hydrogen-bond donors (Lipinski definition) is 4. The third kappa shape index (κ3) is 2.95. The number of carboxylic acid groups (broad SMARTS) is 1. The smallest absolute Gasteiger partial charge is 0.336 e. The molecule has 0 spiro atoms. The summed E-state index contributed by atoms with van der Waals surface area (Å²) in [5.74, 6) is -0.983. The summed E-state index contributed by atoms with van der Waals surface area (Å²) in [6.07, 6.45) is -0.854. The molecule has 5 nitrogen and oxygen atoms in total. The van der Waals surface area contributed by atoms with Crippen LogP contribution >= 0.6 is 0 Å². The van der Waals surface area contributed by atoms with Crippen LogP contribution in [0.4, 0.5) is 5.69 Å². The number of nitrogens with one attached hydrogen (secondary N) is 1. The first-order chi connectivity index (χ1) is 7.56. The summed E-state index contributed by atoms with van der Waals surface area (Å²) < 4.78 is 0. The SMILES string of the molecule is Cc1c(NCC(O)CO)cccc1C(=O)O. The van der Waals surface area contributed by atoms with Crippen molar-refractivity contribution in [1.82, 2.24) is 0 Å². The van der Waals surface area contributed by atoms with Crippen LogP contribution in [0.1, 0.15) is 15.9 Å². The van der Waals surface area contributed by atoms with Crippen LogP contribution in [0.3, 0.4) is 0 Å². The minimum atomic E-state index is -0.983. The van der Waals surface area contributed by atoms with Gasteiger partial charge in [-0.2, -0.15) is 0 Å². The molecule has 1 rings (SSSR count). The molecule has 0 aliphatic carbocycles. The van der Waals surface area contributed by atoms with Gasteiger partial charge in [0.1, 0.15) is 0 Å². The van der Waals surface area contributed by atoms with Gasteiger partial charge in [-0.3, -0.25) is 0 Å². The van der Waals surface area contributed by atoms with Crippen molar-refractivity contribution in [2.75, 3.05) is 18.5 Å². The molecule has 0 heterocycles. The van der Waals surface area contributed by atoms with Gasteiger partial charge in [-0.1, -0.05) is 6.07 Å². The van der Waals surface area contributed by atoms with E-state index in [1.54, 1.807) is 19.1 Å². The summed E-state index contributed by atoms with van der Waals surface area (Å²) in [6.45, 7) is 1.54. The highest BCUT2D eigenvalue weighted by atomic mass is 16.4. The van der Waals surface area contributed by atoms with E-state index in [-0.39, 0.29) is 18.7 Å². The van der Waals surface area contributed by atoms with Crippen LogP contribution in [0.25, 0.3) is 0 Å². The van der Waals surface area contributed by atoms with Gasteiger partial charge in [0, 0.05) is 12.2 Å². The maximum atomic E-state index is 10.9. The first-order valence-electron chi connectivity index (χ1n) is 4.92. The maximum absolute atomic E-state index is 10.9. The van der Waals surface area contributed by atoms with Gasteiger partial charge >= 0.3 is 5.97 Å². The van der Waals surface area contributed by atoms with E-state index in [4.69, 9.17) is 15.3 Å². The summed E-state index contributed by atoms with van der Waals surface area (Å²) in [6, 6.07) is 4.88. The van der Waals surface area contributed by atoms with Crippen molar-refractivity contribution in [1.29, 1.82) is 0 Å². The molecule has 1 unspecified atom stereocenters. The Balaban J connectivity index is 2.81. The molecular formula is C11H15NO4. The molecule has 88 valence electrons. The first kappa shape index (κ1) is 12.5. The second-order valence-corrected chi connectivity index (χ2v) is 3.50. The van der Waals surface area contributed by atoms with Crippen LogP contribution in [-0.2, 0) is 0 Å². The van der Waals surface area contributed by atoms with Gasteiger partial charge in [-0.05, 0) is 24.6 Å². The van der Waals surface area contributed by atoms with Gasteiger partial charge in [-0.25, -0.2) is 4.79 Å². The predicted molar refractivity (Wildman–Crippen MR) is 59.7 cm³/mol. The Hall–Kier alpha value is -1.59. The molecule has 0 bridgehead atoms. The average molecular weight is 225 g/mol. The Labute approximate surface area is 93.4 Å². The normalized spacial score (nSPS) is 12.2. The molecule has 0 amide bonds. The van der Waals surface area contributed by atoms with Gasteiger partial charge in [0.2, 0.25) is 0 Å². The fourth-order valence-corrected chi connectivity index (χ4v) is 1.35. The molecule has 0 saturated heterocycles. The van der Waals surface area contributed by atoms with E-state index in [9.17, 15) is 4.79 Å². The van der Waals surface area contributed by atoms with E-state index in [0.717, 1.165) is 0 Å². The van der Waals surface area contributed by atoms with E-state index in [1.165, 1.54) is 6.07 Å². The Morgan fingerprint density at radius 2 is 2.19 bits per heavy atom. The number of carbonyl (C=O) groups is 1. The highest BCUT2D eigenvalue weighted by Crippen LogP contribution is 2.18. The minimum absolute atomic E-state index is 0.181. The lowest BCUT2D eigenvalue weighted by molar-refractivity contribution is 0.0696. The van der Waals surface area contributed by atoms with Crippen molar-refractivity contribution in [3.63, 3.8) is 0 Å². The lowest BCUT2D eigenvalue weighted by Crippen LogP contribution is -2.23. The predicted octanol–water partition coefficient (Wildman–Crippen LogP) is 0.458. The van der Waals surface area contributed by atoms with E-state index >= 15 is 0 Å². The van der Waals surface area contributed by atoms with Gasteiger partial charge < -0.3 is 20.6 Å². The van der Waals surface area contributed by atoms with Crippen molar-refractivity contribution < 1.29 is 20.1 Å². The molecule has 1 aromatic carbocycles. The summed E-state index contributed by atoms with van der Waals surface area (Å²) in [5.41, 5.74) is 1.48. The third-order valence-electron chi connectivity index (χ3n) is 2.30. The number of aliphatic hydroxyl groups is 2. The number of anilines is 1. The van der Waals surface area contributed by atoms with Crippen LogP contribution in [0, 0.1) is 6.92 Å². The number of aromatic carboxylic acids is 1. The fourth-order valence-electron chi connectivity index (χ4n) is 1.35. The zero-order valence-electron chi connectivity index (χ0n) is 8.97. The van der Waals surface area contributed by atoms with Gasteiger partial charge in [0.25, 0.3) is 0 Å². The molecule has 4 N–H and O–H groups in total. The quantitative estimate of drug-likeness (QED) is 0.584. The molecule has 5 heteroatoms. The highest BCUT2D eigenvalue weighted by Gasteiger charge is 2.10. The Morgan fingerprint density at radius 1 is 1.50 bits per heavy atom.